The van der Waals surface area contributed by atoms with E-state index in [0.29, 0.717) is 12.3 Å². The van der Waals surface area contributed by atoms with E-state index in [1.54, 1.807) is 13.2 Å². The first-order chi connectivity index (χ1) is 9.11. The van der Waals surface area contributed by atoms with E-state index in [1.165, 1.54) is 0 Å². The van der Waals surface area contributed by atoms with E-state index < -0.39 is 0 Å². The molecule has 1 aromatic heterocycles. The van der Waals surface area contributed by atoms with Gasteiger partial charge in [-0.3, -0.25) is 4.79 Å². The van der Waals surface area contributed by atoms with Crippen LogP contribution in [0.4, 0.5) is 5.69 Å². The molecule has 0 bridgehead atoms. The third-order valence-electron chi connectivity index (χ3n) is 2.25. The van der Waals surface area contributed by atoms with Crippen molar-refractivity contribution in [3.05, 3.63) is 37.7 Å². The number of hydrogen-bond acceptors (Lipinski definition) is 5. The van der Waals surface area contributed by atoms with Gasteiger partial charge in [0.25, 0.3) is 5.91 Å². The Balaban J connectivity index is 2.23. The fourth-order valence-corrected chi connectivity index (χ4v) is 2.64. The molecule has 0 saturated heterocycles. The lowest BCUT2D eigenvalue weighted by molar-refractivity contribution is 0.102. The molecular formula is C11H9BrClN3O2S. The molecule has 1 aromatic carbocycles. The van der Waals surface area contributed by atoms with Gasteiger partial charge in [-0.25, -0.2) is 0 Å². The highest BCUT2D eigenvalue weighted by molar-refractivity contribution is 9.10. The molecule has 2 aromatic rings. The van der Waals surface area contributed by atoms with Crippen LogP contribution in [-0.2, 0) is 11.3 Å². The molecule has 19 heavy (non-hydrogen) atoms. The second-order valence-corrected chi connectivity index (χ2v) is 5.93. The number of benzene rings is 1. The predicted molar refractivity (Wildman–Crippen MR) is 77.7 cm³/mol. The molecule has 1 N–H and O–H groups in total. The summed E-state index contributed by atoms with van der Waals surface area (Å²) in [5, 5.41) is 10.3. The molecule has 2 rings (SSSR count). The molecule has 0 aliphatic rings. The summed E-state index contributed by atoms with van der Waals surface area (Å²) in [6.07, 6.45) is 0. The lowest BCUT2D eigenvalue weighted by Gasteiger charge is -2.11. The van der Waals surface area contributed by atoms with E-state index in [1.807, 2.05) is 12.1 Å². The third-order valence-corrected chi connectivity index (χ3v) is 4.01. The van der Waals surface area contributed by atoms with Crippen molar-refractivity contribution >= 4 is 50.5 Å². The van der Waals surface area contributed by atoms with E-state index in [0.717, 1.165) is 21.4 Å². The van der Waals surface area contributed by atoms with E-state index in [4.69, 9.17) is 16.3 Å². The smallest absolute Gasteiger partial charge is 0.286 e. The van der Waals surface area contributed by atoms with Crippen molar-refractivity contribution in [2.75, 3.05) is 12.4 Å². The number of carbonyl (C=O) groups excluding carboxylic acids is 1. The van der Waals surface area contributed by atoms with Crippen LogP contribution < -0.4 is 5.32 Å². The van der Waals surface area contributed by atoms with Gasteiger partial charge in [0.15, 0.2) is 0 Å². The average molecular weight is 363 g/mol. The number of rotatable bonds is 4. The standard InChI is InChI=1S/C11H9BrClN3O2S/c1-18-5-6-7(12)3-2-4-8(6)14-9(17)10-15-16-11(13)19-10/h2-4H,5H2,1H3,(H,14,17). The summed E-state index contributed by atoms with van der Waals surface area (Å²) in [6.45, 7) is 0.383. The molecule has 0 atom stereocenters. The van der Waals surface area contributed by atoms with Crippen LogP contribution in [0.5, 0.6) is 0 Å². The Morgan fingerprint density at radius 3 is 2.95 bits per heavy atom. The van der Waals surface area contributed by atoms with Crippen LogP contribution in [0.1, 0.15) is 15.4 Å². The molecule has 1 amide bonds. The Kier molecular flexibility index (Phi) is 4.87. The average Bonchev–Trinajstić information content (AvgIpc) is 2.80. The maximum absolute atomic E-state index is 12.0. The molecule has 0 unspecified atom stereocenters. The number of nitrogens with zero attached hydrogens (tertiary/aromatic N) is 2. The highest BCUT2D eigenvalue weighted by Crippen LogP contribution is 2.26. The zero-order chi connectivity index (χ0) is 13.8. The lowest BCUT2D eigenvalue weighted by atomic mass is 10.2. The third kappa shape index (κ3) is 3.50. The van der Waals surface area contributed by atoms with E-state index in [9.17, 15) is 4.79 Å². The Labute approximate surface area is 127 Å². The summed E-state index contributed by atoms with van der Waals surface area (Å²) in [5.41, 5.74) is 1.52. The summed E-state index contributed by atoms with van der Waals surface area (Å²) < 4.78 is 6.21. The van der Waals surface area contributed by atoms with Crippen LogP contribution in [0.3, 0.4) is 0 Å². The minimum atomic E-state index is -0.347. The molecule has 1 heterocycles. The predicted octanol–water partition coefficient (Wildman–Crippen LogP) is 3.35. The maximum atomic E-state index is 12.0. The number of anilines is 1. The highest BCUT2D eigenvalue weighted by Gasteiger charge is 2.15. The van der Waals surface area contributed by atoms with Crippen LogP contribution in [0.15, 0.2) is 22.7 Å². The SMILES string of the molecule is COCc1c(Br)cccc1NC(=O)c1nnc(Cl)s1. The van der Waals surface area contributed by atoms with Crippen LogP contribution in [-0.4, -0.2) is 23.2 Å². The fraction of sp³-hybridized carbons (Fsp3) is 0.182. The van der Waals surface area contributed by atoms with E-state index >= 15 is 0 Å². The van der Waals surface area contributed by atoms with Gasteiger partial charge in [-0.2, -0.15) is 0 Å². The highest BCUT2D eigenvalue weighted by atomic mass is 79.9. The Morgan fingerprint density at radius 2 is 2.32 bits per heavy atom. The van der Waals surface area contributed by atoms with Gasteiger partial charge in [0.1, 0.15) is 0 Å². The lowest BCUT2D eigenvalue weighted by Crippen LogP contribution is -2.13. The molecule has 0 fully saturated rings. The summed E-state index contributed by atoms with van der Waals surface area (Å²) >= 11 is 10.1. The molecule has 0 saturated carbocycles. The molecule has 0 aliphatic heterocycles. The molecule has 5 nitrogen and oxygen atoms in total. The van der Waals surface area contributed by atoms with Crippen LogP contribution >= 0.6 is 38.9 Å². The Morgan fingerprint density at radius 1 is 1.53 bits per heavy atom. The van der Waals surface area contributed by atoms with E-state index in [2.05, 4.69) is 31.4 Å². The molecule has 100 valence electrons. The molecule has 0 spiro atoms. The van der Waals surface area contributed by atoms with Crippen molar-refractivity contribution in [3.63, 3.8) is 0 Å². The van der Waals surface area contributed by atoms with E-state index in [-0.39, 0.29) is 15.4 Å². The van der Waals surface area contributed by atoms with Crippen molar-refractivity contribution in [1.82, 2.24) is 10.2 Å². The van der Waals surface area contributed by atoms with Crippen LogP contribution in [0, 0.1) is 0 Å². The van der Waals surface area contributed by atoms with Crippen molar-refractivity contribution in [2.24, 2.45) is 0 Å². The van der Waals surface area contributed by atoms with Gasteiger partial charge in [0.05, 0.1) is 6.61 Å². The quantitative estimate of drug-likeness (QED) is 0.906. The van der Waals surface area contributed by atoms with Crippen molar-refractivity contribution < 1.29 is 9.53 Å². The molecule has 0 radical (unpaired) electrons. The number of hydrogen-bond donors (Lipinski definition) is 1. The fourth-order valence-electron chi connectivity index (χ4n) is 1.44. The minimum Gasteiger partial charge on any atom is -0.380 e. The van der Waals surface area contributed by atoms with Gasteiger partial charge in [0, 0.05) is 22.8 Å². The normalized spacial score (nSPS) is 10.5. The second-order valence-electron chi connectivity index (χ2n) is 3.51. The van der Waals surface area contributed by atoms with Crippen molar-refractivity contribution in [2.45, 2.75) is 6.61 Å². The first kappa shape index (κ1) is 14.4. The van der Waals surface area contributed by atoms with Gasteiger partial charge in [-0.15, -0.1) is 10.2 Å². The topological polar surface area (TPSA) is 64.1 Å². The number of ether oxygens (including phenoxy) is 1. The summed E-state index contributed by atoms with van der Waals surface area (Å²) in [4.78, 5) is 12.0. The molecule has 0 aliphatic carbocycles. The summed E-state index contributed by atoms with van der Waals surface area (Å²) in [6, 6.07) is 5.50. The van der Waals surface area contributed by atoms with Crippen molar-refractivity contribution in [3.8, 4) is 0 Å². The van der Waals surface area contributed by atoms with Crippen LogP contribution in [0.25, 0.3) is 0 Å². The van der Waals surface area contributed by atoms with Gasteiger partial charge in [-0.05, 0) is 23.7 Å². The second kappa shape index (κ2) is 6.42. The maximum Gasteiger partial charge on any atom is 0.286 e. The summed E-state index contributed by atoms with van der Waals surface area (Å²) in [5.74, 6) is -0.347. The van der Waals surface area contributed by atoms with Gasteiger partial charge in [-0.1, -0.05) is 33.3 Å². The largest absolute Gasteiger partial charge is 0.380 e. The van der Waals surface area contributed by atoms with Gasteiger partial charge in [0.2, 0.25) is 9.47 Å². The number of nitrogens with one attached hydrogen (secondary N) is 1. The molecule has 8 heteroatoms. The number of halogens is 2. The number of carbonyl (C=O) groups is 1. The zero-order valence-corrected chi connectivity index (χ0v) is 13.0. The Hall–Kier alpha value is -1.02. The molecular weight excluding hydrogens is 354 g/mol. The Bertz CT molecular complexity index is 605. The number of methoxy groups -OCH3 is 1. The first-order valence-corrected chi connectivity index (χ1v) is 7.17. The van der Waals surface area contributed by atoms with Gasteiger partial charge >= 0.3 is 0 Å². The van der Waals surface area contributed by atoms with Gasteiger partial charge < -0.3 is 10.1 Å². The summed E-state index contributed by atoms with van der Waals surface area (Å²) in [7, 11) is 1.59. The minimum absolute atomic E-state index is 0.216. The first-order valence-electron chi connectivity index (χ1n) is 5.18. The van der Waals surface area contributed by atoms with Crippen molar-refractivity contribution in [1.29, 1.82) is 0 Å². The zero-order valence-electron chi connectivity index (χ0n) is 9.81. The van der Waals surface area contributed by atoms with Crippen LogP contribution in [0.2, 0.25) is 4.47 Å². The monoisotopic (exact) mass is 361 g/mol. The number of amides is 1. The number of aromatic nitrogens is 2.